The molecule has 142 valence electrons. The molecule has 4 aliphatic rings. The van der Waals surface area contributed by atoms with Crippen LogP contribution in [0.2, 0.25) is 0 Å². The van der Waals surface area contributed by atoms with Gasteiger partial charge in [0.2, 0.25) is 0 Å². The summed E-state index contributed by atoms with van der Waals surface area (Å²) in [6.45, 7) is 8.37. The molecule has 0 radical (unpaired) electrons. The minimum absolute atomic E-state index is 0.0239. The van der Waals surface area contributed by atoms with E-state index in [9.17, 15) is 15.0 Å². The van der Waals surface area contributed by atoms with Crippen molar-refractivity contribution in [3.05, 3.63) is 0 Å². The number of carbonyl (C=O) groups excluding carboxylic acids is 1. The summed E-state index contributed by atoms with van der Waals surface area (Å²) in [6.07, 6.45) is 8.53. The number of hydrogen-bond acceptors (Lipinski definition) is 3. The van der Waals surface area contributed by atoms with Crippen molar-refractivity contribution in [2.45, 2.75) is 90.8 Å². The monoisotopic (exact) mass is 348 g/mol. The maximum atomic E-state index is 12.4. The van der Waals surface area contributed by atoms with Gasteiger partial charge >= 0.3 is 0 Å². The minimum atomic E-state index is -1.14. The summed E-state index contributed by atoms with van der Waals surface area (Å²) in [5, 5.41) is 21.6. The first-order valence-corrected chi connectivity index (χ1v) is 10.6. The summed E-state index contributed by atoms with van der Waals surface area (Å²) in [5.74, 6) is 2.53. The van der Waals surface area contributed by atoms with Crippen LogP contribution in [0.25, 0.3) is 0 Å². The lowest BCUT2D eigenvalue weighted by Gasteiger charge is -2.61. The number of rotatable bonds is 1. The van der Waals surface area contributed by atoms with Crippen molar-refractivity contribution >= 4 is 5.78 Å². The predicted octanol–water partition coefficient (Wildman–Crippen LogP) is 3.96. The third-order valence-electron chi connectivity index (χ3n) is 9.76. The highest BCUT2D eigenvalue weighted by Gasteiger charge is 2.68. The fraction of sp³-hybridized carbons (Fsp3) is 0.955. The van der Waals surface area contributed by atoms with Gasteiger partial charge in [0.05, 0.1) is 6.10 Å². The number of Topliss-reactive ketones (excluding diaryl/α,β-unsaturated/α-hetero) is 1. The van der Waals surface area contributed by atoms with E-state index in [-0.39, 0.29) is 23.2 Å². The second kappa shape index (κ2) is 5.55. The van der Waals surface area contributed by atoms with E-state index in [1.54, 1.807) is 6.92 Å². The van der Waals surface area contributed by atoms with Crippen molar-refractivity contribution in [2.75, 3.05) is 0 Å². The molecule has 0 spiro atoms. The van der Waals surface area contributed by atoms with Crippen molar-refractivity contribution in [2.24, 2.45) is 40.4 Å². The normalized spacial score (nSPS) is 58.2. The molecule has 25 heavy (non-hydrogen) atoms. The van der Waals surface area contributed by atoms with E-state index in [0.717, 1.165) is 38.5 Å². The molecule has 0 heterocycles. The molecule has 9 atom stereocenters. The number of aliphatic hydroxyl groups excluding tert-OH is 1. The van der Waals surface area contributed by atoms with Gasteiger partial charge < -0.3 is 10.2 Å². The Kier molecular flexibility index (Phi) is 3.99. The third kappa shape index (κ3) is 2.15. The summed E-state index contributed by atoms with van der Waals surface area (Å²) in [4.78, 5) is 12.4. The lowest BCUT2D eigenvalue weighted by molar-refractivity contribution is -0.175. The zero-order valence-electron chi connectivity index (χ0n) is 16.4. The first kappa shape index (κ1) is 18.0. The van der Waals surface area contributed by atoms with Crippen LogP contribution in [0.15, 0.2) is 0 Å². The van der Waals surface area contributed by atoms with Crippen LogP contribution < -0.4 is 0 Å². The Bertz CT molecular complexity index is 574. The van der Waals surface area contributed by atoms with Gasteiger partial charge in [0.1, 0.15) is 5.60 Å². The molecular weight excluding hydrogens is 312 g/mol. The molecule has 0 aromatic heterocycles. The molecule has 0 unspecified atom stereocenters. The molecular formula is C22H36O3. The van der Waals surface area contributed by atoms with E-state index in [0.29, 0.717) is 29.1 Å². The molecule has 0 aliphatic heterocycles. The van der Waals surface area contributed by atoms with Crippen LogP contribution in [0.5, 0.6) is 0 Å². The van der Waals surface area contributed by atoms with Crippen molar-refractivity contribution in [1.29, 1.82) is 0 Å². The lowest BCUT2D eigenvalue weighted by Crippen LogP contribution is -2.59. The lowest BCUT2D eigenvalue weighted by atomic mass is 9.44. The quantitative estimate of drug-likeness (QED) is 0.754. The molecule has 4 fully saturated rings. The van der Waals surface area contributed by atoms with E-state index in [1.807, 2.05) is 0 Å². The molecule has 2 N–H and O–H groups in total. The Labute approximate surface area is 152 Å². The van der Waals surface area contributed by atoms with Gasteiger partial charge in [0.25, 0.3) is 0 Å². The highest BCUT2D eigenvalue weighted by molar-refractivity contribution is 5.86. The van der Waals surface area contributed by atoms with Gasteiger partial charge in [-0.3, -0.25) is 4.79 Å². The van der Waals surface area contributed by atoms with Crippen LogP contribution in [-0.4, -0.2) is 27.7 Å². The van der Waals surface area contributed by atoms with Crippen LogP contribution in [0.3, 0.4) is 0 Å². The number of ketones is 1. The summed E-state index contributed by atoms with van der Waals surface area (Å²) >= 11 is 0. The first-order valence-electron chi connectivity index (χ1n) is 10.6. The van der Waals surface area contributed by atoms with Crippen LogP contribution in [0.1, 0.15) is 79.1 Å². The molecule has 3 nitrogen and oxygen atoms in total. The molecule has 0 aromatic carbocycles. The number of hydrogen-bond donors (Lipinski definition) is 2. The smallest absolute Gasteiger partial charge is 0.162 e. The van der Waals surface area contributed by atoms with E-state index >= 15 is 0 Å². The topological polar surface area (TPSA) is 57.5 Å². The van der Waals surface area contributed by atoms with Crippen molar-refractivity contribution in [1.82, 2.24) is 0 Å². The van der Waals surface area contributed by atoms with E-state index in [1.165, 1.54) is 12.8 Å². The molecule has 0 saturated heterocycles. The highest BCUT2D eigenvalue weighted by Crippen LogP contribution is 2.69. The Hall–Kier alpha value is -0.410. The highest BCUT2D eigenvalue weighted by atomic mass is 16.3. The molecule has 0 amide bonds. The fourth-order valence-electron chi connectivity index (χ4n) is 8.33. The standard InChI is InChI=1S/C22H36O3/c1-13-11-19-17-6-5-15-12-16(24)7-9-20(15,3)18(17)8-10-21(19,4)22(13,25)14(2)23/h13,15-19,24-25H,5-12H2,1-4H3/t13-,15-,16+,17+,18-,19-,20-,21-,22-/m0/s1. The van der Waals surface area contributed by atoms with Gasteiger partial charge in [-0.2, -0.15) is 0 Å². The summed E-state index contributed by atoms with van der Waals surface area (Å²) in [5.41, 5.74) is -1.04. The molecule has 0 aromatic rings. The largest absolute Gasteiger partial charge is 0.393 e. The molecule has 3 heteroatoms. The molecule has 4 saturated carbocycles. The molecule has 4 aliphatic carbocycles. The molecule has 4 rings (SSSR count). The number of fused-ring (bicyclic) bond motifs is 5. The first-order chi connectivity index (χ1) is 11.6. The van der Waals surface area contributed by atoms with Gasteiger partial charge in [0, 0.05) is 5.41 Å². The zero-order valence-corrected chi connectivity index (χ0v) is 16.4. The van der Waals surface area contributed by atoms with Crippen molar-refractivity contribution in [3.63, 3.8) is 0 Å². The van der Waals surface area contributed by atoms with Gasteiger partial charge in [0.15, 0.2) is 5.78 Å². The Balaban J connectivity index is 1.67. The van der Waals surface area contributed by atoms with Gasteiger partial charge in [-0.1, -0.05) is 20.8 Å². The fourth-order valence-corrected chi connectivity index (χ4v) is 8.33. The summed E-state index contributed by atoms with van der Waals surface area (Å²) in [7, 11) is 0. The van der Waals surface area contributed by atoms with Crippen LogP contribution >= 0.6 is 0 Å². The average molecular weight is 349 g/mol. The van der Waals surface area contributed by atoms with Crippen molar-refractivity contribution in [3.8, 4) is 0 Å². The maximum Gasteiger partial charge on any atom is 0.162 e. The van der Waals surface area contributed by atoms with Gasteiger partial charge in [-0.25, -0.2) is 0 Å². The maximum absolute atomic E-state index is 12.4. The van der Waals surface area contributed by atoms with Crippen LogP contribution in [0.4, 0.5) is 0 Å². The van der Waals surface area contributed by atoms with E-state index in [2.05, 4.69) is 20.8 Å². The summed E-state index contributed by atoms with van der Waals surface area (Å²) < 4.78 is 0. The number of carbonyl (C=O) groups is 1. The van der Waals surface area contributed by atoms with Crippen molar-refractivity contribution < 1.29 is 15.0 Å². The second-order valence-electron chi connectivity index (χ2n) is 10.5. The SMILES string of the molecule is CC(=O)[C@@]1(O)[C@@H](C)C[C@H]2[C@@H]3CC[C@H]4C[C@H](O)CC[C@]4(C)[C@H]3CC[C@@]21C. The van der Waals surface area contributed by atoms with Gasteiger partial charge in [-0.05, 0) is 93.3 Å². The third-order valence-corrected chi connectivity index (χ3v) is 9.76. The van der Waals surface area contributed by atoms with Crippen LogP contribution in [-0.2, 0) is 4.79 Å². The predicted molar refractivity (Wildman–Crippen MR) is 97.9 cm³/mol. The Morgan fingerprint density at radius 1 is 1.00 bits per heavy atom. The summed E-state index contributed by atoms with van der Waals surface area (Å²) in [6, 6.07) is 0. The number of aliphatic hydroxyl groups is 2. The Morgan fingerprint density at radius 3 is 2.40 bits per heavy atom. The van der Waals surface area contributed by atoms with Crippen LogP contribution in [0, 0.1) is 40.4 Å². The molecule has 0 bridgehead atoms. The van der Waals surface area contributed by atoms with Gasteiger partial charge in [-0.15, -0.1) is 0 Å². The minimum Gasteiger partial charge on any atom is -0.393 e. The average Bonchev–Trinajstić information content (AvgIpc) is 2.77. The van der Waals surface area contributed by atoms with E-state index < -0.39 is 5.60 Å². The zero-order chi connectivity index (χ0) is 18.2. The Morgan fingerprint density at radius 2 is 1.72 bits per heavy atom. The van der Waals surface area contributed by atoms with E-state index in [4.69, 9.17) is 0 Å². The second-order valence-corrected chi connectivity index (χ2v) is 10.5.